The Morgan fingerprint density at radius 2 is 1.25 bits per heavy atom. The molecular weight excluding hydrogens is 815 g/mol. The van der Waals surface area contributed by atoms with E-state index in [0.29, 0.717) is 49.8 Å². The summed E-state index contributed by atoms with van der Waals surface area (Å²) >= 11 is 0. The average Bonchev–Trinajstić information content (AvgIpc) is 3.32. The number of benzene rings is 3. The van der Waals surface area contributed by atoms with Crippen molar-refractivity contribution in [2.75, 3.05) is 93.1 Å². The summed E-state index contributed by atoms with van der Waals surface area (Å²) in [5.74, 6) is -2.08. The lowest BCUT2D eigenvalue weighted by molar-refractivity contribution is -0.0437. The molecule has 0 bridgehead atoms. The zero-order valence-corrected chi connectivity index (χ0v) is 38.0. The third-order valence-corrected chi connectivity index (χ3v) is 12.2. The molecule has 6 rings (SSSR count). The molecule has 3 aromatic carbocycles. The first-order valence-electron chi connectivity index (χ1n) is 23.3. The summed E-state index contributed by atoms with van der Waals surface area (Å²) in [6.07, 6.45) is 10.1. The molecule has 3 fully saturated rings. The largest absolute Gasteiger partial charge is 0.385 e. The number of ether oxygens (including phenoxy) is 5. The quantitative estimate of drug-likeness (QED) is 0.0582. The minimum Gasteiger partial charge on any atom is -0.385 e. The fourth-order valence-electron chi connectivity index (χ4n) is 8.81. The van der Waals surface area contributed by atoms with Crippen LogP contribution in [0.4, 0.5) is 17.6 Å². The van der Waals surface area contributed by atoms with Crippen LogP contribution in [0.3, 0.4) is 0 Å². The van der Waals surface area contributed by atoms with Crippen molar-refractivity contribution in [2.45, 2.75) is 95.4 Å². The normalized spacial score (nSPS) is 20.9. The molecule has 3 heterocycles. The maximum absolute atomic E-state index is 14.1. The maximum Gasteiger partial charge on any atom is 0.159 e. The number of halogens is 4. The summed E-state index contributed by atoms with van der Waals surface area (Å²) in [6, 6.07) is 18.1. The molecule has 0 aromatic heterocycles. The van der Waals surface area contributed by atoms with Crippen LogP contribution < -0.4 is 16.0 Å². The molecular formula is C50H75F4N3O6. The minimum absolute atomic E-state index is 0.00801. The molecule has 4 N–H and O–H groups in total. The molecule has 0 spiro atoms. The fraction of sp³-hybridized carbons (Fsp3) is 0.640. The van der Waals surface area contributed by atoms with E-state index in [4.69, 9.17) is 23.7 Å². The Morgan fingerprint density at radius 3 is 1.84 bits per heavy atom. The zero-order chi connectivity index (χ0) is 45.1. The summed E-state index contributed by atoms with van der Waals surface area (Å²) in [5, 5.41) is 21.3. The van der Waals surface area contributed by atoms with Crippen LogP contribution in [0, 0.1) is 41.0 Å². The molecule has 6 atom stereocenters. The summed E-state index contributed by atoms with van der Waals surface area (Å²) < 4.78 is 81.5. The van der Waals surface area contributed by atoms with Crippen molar-refractivity contribution in [2.24, 2.45) is 17.8 Å². The highest BCUT2D eigenvalue weighted by atomic mass is 19.2. The molecule has 3 saturated heterocycles. The van der Waals surface area contributed by atoms with Crippen LogP contribution in [-0.2, 0) is 29.3 Å². The van der Waals surface area contributed by atoms with Crippen LogP contribution in [0.2, 0.25) is 0 Å². The van der Waals surface area contributed by atoms with Crippen LogP contribution in [-0.4, -0.2) is 98.2 Å². The number of aliphatic hydroxyl groups is 1. The van der Waals surface area contributed by atoms with Crippen molar-refractivity contribution < 1.29 is 46.4 Å². The number of hydrogen-bond donors (Lipinski definition) is 4. The van der Waals surface area contributed by atoms with Gasteiger partial charge in [0.2, 0.25) is 0 Å². The predicted molar refractivity (Wildman–Crippen MR) is 241 cm³/mol. The van der Waals surface area contributed by atoms with Gasteiger partial charge in [0, 0.05) is 103 Å². The Hall–Kier alpha value is -2.98. The third kappa shape index (κ3) is 18.1. The Balaban J connectivity index is 0.000000208. The third-order valence-electron chi connectivity index (χ3n) is 12.2. The van der Waals surface area contributed by atoms with Crippen molar-refractivity contribution in [3.05, 3.63) is 107 Å². The molecule has 0 radical (unpaired) electrons. The summed E-state index contributed by atoms with van der Waals surface area (Å²) in [5.41, 5.74) is 1.09. The molecule has 0 aliphatic carbocycles. The highest BCUT2D eigenvalue weighted by Gasteiger charge is 2.39. The lowest BCUT2D eigenvalue weighted by atomic mass is 9.74. The van der Waals surface area contributed by atoms with E-state index < -0.39 is 28.9 Å². The van der Waals surface area contributed by atoms with Gasteiger partial charge in [-0.15, -0.1) is 0 Å². The molecule has 0 amide bonds. The molecule has 3 aliphatic rings. The van der Waals surface area contributed by atoms with Crippen molar-refractivity contribution >= 4 is 0 Å². The summed E-state index contributed by atoms with van der Waals surface area (Å²) in [7, 11) is 3.29. The molecule has 6 unspecified atom stereocenters. The van der Waals surface area contributed by atoms with Crippen LogP contribution >= 0.6 is 0 Å². The topological polar surface area (TPSA) is 102 Å². The first-order valence-corrected chi connectivity index (χ1v) is 23.3. The van der Waals surface area contributed by atoms with Gasteiger partial charge < -0.3 is 44.7 Å². The predicted octanol–water partition coefficient (Wildman–Crippen LogP) is 9.20. The van der Waals surface area contributed by atoms with E-state index in [1.165, 1.54) is 36.6 Å². The molecule has 3 aromatic rings. The number of nitrogens with one attached hydrogen (secondary N) is 3. The number of piperidine rings is 3. The Labute approximate surface area is 374 Å². The summed E-state index contributed by atoms with van der Waals surface area (Å²) in [4.78, 5) is 0. The van der Waals surface area contributed by atoms with Crippen LogP contribution in [0.15, 0.2) is 66.7 Å². The van der Waals surface area contributed by atoms with Gasteiger partial charge in [-0.05, 0) is 127 Å². The van der Waals surface area contributed by atoms with Crippen LogP contribution in [0.1, 0.15) is 106 Å². The highest BCUT2D eigenvalue weighted by Crippen LogP contribution is 2.39. The van der Waals surface area contributed by atoms with E-state index in [1.54, 1.807) is 14.2 Å². The lowest BCUT2D eigenvalue weighted by Gasteiger charge is -2.39. The molecule has 3 aliphatic heterocycles. The zero-order valence-electron chi connectivity index (χ0n) is 38.0. The van der Waals surface area contributed by atoms with E-state index in [0.717, 1.165) is 122 Å². The summed E-state index contributed by atoms with van der Waals surface area (Å²) in [6.45, 7) is 11.8. The first kappa shape index (κ1) is 52.6. The van der Waals surface area contributed by atoms with Gasteiger partial charge in [0.25, 0.3) is 0 Å². The molecule has 354 valence electrons. The van der Waals surface area contributed by atoms with Gasteiger partial charge in [-0.3, -0.25) is 0 Å². The second-order valence-corrected chi connectivity index (χ2v) is 16.8. The SMILES string of the molecule is CCOCCCOC(c1ccccc1)C1CCCNC1.COCCCCC(O)(c1ccc(F)c(F)c1)C1CCCNC1.COCCCOC(c1ccc(F)cc1F)C1CCCNC1. The maximum atomic E-state index is 14.1. The second-order valence-electron chi connectivity index (χ2n) is 16.8. The number of unbranched alkanes of at least 4 members (excludes halogenated alkanes) is 1. The van der Waals surface area contributed by atoms with Crippen molar-refractivity contribution in [1.29, 1.82) is 0 Å². The first-order chi connectivity index (χ1) is 30.7. The van der Waals surface area contributed by atoms with E-state index in [-0.39, 0.29) is 24.0 Å². The minimum atomic E-state index is -1.13. The molecule has 13 heteroatoms. The molecule has 9 nitrogen and oxygen atoms in total. The van der Waals surface area contributed by atoms with E-state index in [2.05, 4.69) is 46.3 Å². The highest BCUT2D eigenvalue weighted by molar-refractivity contribution is 5.26. The Kier molecular flexibility index (Phi) is 25.3. The van der Waals surface area contributed by atoms with Crippen LogP contribution in [0.25, 0.3) is 0 Å². The van der Waals surface area contributed by atoms with E-state index >= 15 is 0 Å². The van der Waals surface area contributed by atoms with Gasteiger partial charge in [-0.25, -0.2) is 17.6 Å². The monoisotopic (exact) mass is 890 g/mol. The second kappa shape index (κ2) is 30.3. The van der Waals surface area contributed by atoms with Crippen molar-refractivity contribution in [3.63, 3.8) is 0 Å². The Morgan fingerprint density at radius 1 is 0.635 bits per heavy atom. The van der Waals surface area contributed by atoms with Gasteiger partial charge in [-0.1, -0.05) is 42.5 Å². The molecule has 0 saturated carbocycles. The van der Waals surface area contributed by atoms with Gasteiger partial charge in [0.15, 0.2) is 11.6 Å². The Bertz CT molecular complexity index is 1650. The number of hydrogen-bond acceptors (Lipinski definition) is 9. The van der Waals surface area contributed by atoms with Gasteiger partial charge in [-0.2, -0.15) is 0 Å². The standard InChI is InChI=1S/C17H25F2NO2.C17H27NO2.C16H23F2NO2/c1-22-10-3-2-8-17(21,14-5-4-9-20-12-14)13-6-7-15(18)16(19)11-13;1-2-19-12-7-13-20-17(15-8-4-3-5-9-15)16-10-6-11-18-14-16;1-20-8-3-9-21-16(12-4-2-7-19-11-12)14-6-5-13(17)10-15(14)18/h6-7,11,14,20-21H,2-5,8-10,12H2,1H3;3-5,8-9,16-18H,2,6-7,10-14H2,1H3;5-6,10,12,16,19H,2-4,7-9,11H2,1H3. The van der Waals surface area contributed by atoms with E-state index in [9.17, 15) is 22.7 Å². The van der Waals surface area contributed by atoms with Gasteiger partial charge >= 0.3 is 0 Å². The van der Waals surface area contributed by atoms with Gasteiger partial charge in [0.1, 0.15) is 11.6 Å². The van der Waals surface area contributed by atoms with Crippen molar-refractivity contribution in [1.82, 2.24) is 16.0 Å². The smallest absolute Gasteiger partial charge is 0.159 e. The van der Waals surface area contributed by atoms with Gasteiger partial charge in [0.05, 0.1) is 17.8 Å². The molecule has 63 heavy (non-hydrogen) atoms. The average molecular weight is 890 g/mol. The fourth-order valence-corrected chi connectivity index (χ4v) is 8.81. The van der Waals surface area contributed by atoms with E-state index in [1.807, 2.05) is 6.92 Å². The number of methoxy groups -OCH3 is 2. The van der Waals surface area contributed by atoms with Crippen molar-refractivity contribution in [3.8, 4) is 0 Å². The van der Waals surface area contributed by atoms with Crippen LogP contribution in [0.5, 0.6) is 0 Å². The lowest BCUT2D eigenvalue weighted by Crippen LogP contribution is -2.44. The number of rotatable bonds is 22.